The SMILES string of the molecule is Cc1cc(-c2ccnc(NC(=O)C3CC3)c2)ccc1CNC(=O)c1ccn(C(C)(C)C)n1. The van der Waals surface area contributed by atoms with Crippen LogP contribution in [0.5, 0.6) is 0 Å². The molecule has 1 aliphatic carbocycles. The van der Waals surface area contributed by atoms with Crippen molar-refractivity contribution < 1.29 is 9.59 Å². The summed E-state index contributed by atoms with van der Waals surface area (Å²) in [6, 6.07) is 11.7. The number of nitrogens with one attached hydrogen (secondary N) is 2. The van der Waals surface area contributed by atoms with Crippen molar-refractivity contribution in [3.63, 3.8) is 0 Å². The number of nitrogens with zero attached hydrogens (tertiary/aromatic N) is 3. The second kappa shape index (κ2) is 8.57. The molecule has 1 fully saturated rings. The summed E-state index contributed by atoms with van der Waals surface area (Å²) < 4.78 is 1.79. The van der Waals surface area contributed by atoms with Gasteiger partial charge in [0.1, 0.15) is 11.5 Å². The van der Waals surface area contributed by atoms with Gasteiger partial charge in [-0.25, -0.2) is 4.98 Å². The van der Waals surface area contributed by atoms with Crippen molar-refractivity contribution in [2.45, 2.75) is 52.6 Å². The highest BCUT2D eigenvalue weighted by Crippen LogP contribution is 2.30. The summed E-state index contributed by atoms with van der Waals surface area (Å²) in [4.78, 5) is 28.8. The highest BCUT2D eigenvalue weighted by atomic mass is 16.2. The van der Waals surface area contributed by atoms with Crippen LogP contribution in [-0.2, 0) is 16.9 Å². The quantitative estimate of drug-likeness (QED) is 0.609. The summed E-state index contributed by atoms with van der Waals surface area (Å²) in [6.45, 7) is 8.57. The van der Waals surface area contributed by atoms with Gasteiger partial charge in [-0.3, -0.25) is 14.3 Å². The molecule has 2 N–H and O–H groups in total. The van der Waals surface area contributed by atoms with Gasteiger partial charge < -0.3 is 10.6 Å². The first-order valence-electron chi connectivity index (χ1n) is 10.9. The Morgan fingerprint density at radius 3 is 2.50 bits per heavy atom. The number of hydrogen-bond acceptors (Lipinski definition) is 4. The van der Waals surface area contributed by atoms with E-state index in [4.69, 9.17) is 0 Å². The van der Waals surface area contributed by atoms with E-state index >= 15 is 0 Å². The first-order chi connectivity index (χ1) is 15.2. The normalized spacial score (nSPS) is 13.6. The maximum atomic E-state index is 12.5. The van der Waals surface area contributed by atoms with Gasteiger partial charge in [0.25, 0.3) is 5.91 Å². The van der Waals surface area contributed by atoms with Gasteiger partial charge in [0.05, 0.1) is 5.54 Å². The largest absolute Gasteiger partial charge is 0.347 e. The van der Waals surface area contributed by atoms with Crippen LogP contribution in [0.25, 0.3) is 11.1 Å². The number of aromatic nitrogens is 3. The fourth-order valence-electron chi connectivity index (χ4n) is 3.41. The molecule has 0 spiro atoms. The molecule has 1 aliphatic rings. The number of benzene rings is 1. The van der Waals surface area contributed by atoms with Crippen LogP contribution in [0.3, 0.4) is 0 Å². The lowest BCUT2D eigenvalue weighted by Crippen LogP contribution is -2.26. The minimum absolute atomic E-state index is 0.0456. The molecule has 32 heavy (non-hydrogen) atoms. The van der Waals surface area contributed by atoms with Crippen molar-refractivity contribution in [2.24, 2.45) is 5.92 Å². The molecule has 2 heterocycles. The smallest absolute Gasteiger partial charge is 0.272 e. The average molecular weight is 432 g/mol. The Bertz CT molecular complexity index is 1160. The summed E-state index contributed by atoms with van der Waals surface area (Å²) in [5, 5.41) is 10.2. The van der Waals surface area contributed by atoms with Crippen LogP contribution in [-0.4, -0.2) is 26.6 Å². The maximum absolute atomic E-state index is 12.5. The van der Waals surface area contributed by atoms with E-state index in [2.05, 4.69) is 26.8 Å². The molecule has 2 aromatic heterocycles. The van der Waals surface area contributed by atoms with Crippen molar-refractivity contribution in [3.8, 4) is 11.1 Å². The zero-order valence-electron chi connectivity index (χ0n) is 19.0. The Kier molecular flexibility index (Phi) is 5.82. The van der Waals surface area contributed by atoms with Crippen molar-refractivity contribution in [3.05, 3.63) is 65.6 Å². The molecule has 1 aromatic carbocycles. The number of amides is 2. The molecule has 0 aliphatic heterocycles. The molecule has 2 amide bonds. The Morgan fingerprint density at radius 1 is 1.09 bits per heavy atom. The van der Waals surface area contributed by atoms with Crippen molar-refractivity contribution in [2.75, 3.05) is 5.32 Å². The lowest BCUT2D eigenvalue weighted by atomic mass is 10.0. The number of pyridine rings is 1. The third-order valence-electron chi connectivity index (χ3n) is 5.58. The molecule has 7 heteroatoms. The molecule has 4 rings (SSSR count). The highest BCUT2D eigenvalue weighted by Gasteiger charge is 2.29. The third-order valence-corrected chi connectivity index (χ3v) is 5.58. The molecule has 7 nitrogen and oxygen atoms in total. The summed E-state index contributed by atoms with van der Waals surface area (Å²) in [5.41, 5.74) is 4.37. The van der Waals surface area contributed by atoms with Crippen molar-refractivity contribution in [1.82, 2.24) is 20.1 Å². The van der Waals surface area contributed by atoms with E-state index in [9.17, 15) is 9.59 Å². The number of hydrogen-bond donors (Lipinski definition) is 2. The monoisotopic (exact) mass is 431 g/mol. The van der Waals surface area contributed by atoms with Crippen LogP contribution >= 0.6 is 0 Å². The van der Waals surface area contributed by atoms with Crippen molar-refractivity contribution in [1.29, 1.82) is 0 Å². The number of rotatable bonds is 6. The molecular weight excluding hydrogens is 402 g/mol. The van der Waals surface area contributed by atoms with Crippen LogP contribution in [0.4, 0.5) is 5.82 Å². The highest BCUT2D eigenvalue weighted by molar-refractivity contribution is 5.93. The van der Waals surface area contributed by atoms with Crippen LogP contribution < -0.4 is 10.6 Å². The van der Waals surface area contributed by atoms with Crippen LogP contribution in [0.2, 0.25) is 0 Å². The van der Waals surface area contributed by atoms with E-state index in [1.807, 2.05) is 58.2 Å². The second-order valence-electron chi connectivity index (χ2n) is 9.33. The molecule has 0 atom stereocenters. The van der Waals surface area contributed by atoms with Gasteiger partial charge in [0, 0.05) is 24.9 Å². The summed E-state index contributed by atoms with van der Waals surface area (Å²) in [5.74, 6) is 0.563. The Labute approximate surface area is 188 Å². The van der Waals surface area contributed by atoms with Gasteiger partial charge in [-0.1, -0.05) is 18.2 Å². The van der Waals surface area contributed by atoms with Gasteiger partial charge in [-0.05, 0) is 81.0 Å². The molecule has 166 valence electrons. The Balaban J connectivity index is 1.41. The van der Waals surface area contributed by atoms with E-state index < -0.39 is 0 Å². The van der Waals surface area contributed by atoms with Gasteiger partial charge in [-0.2, -0.15) is 5.10 Å². The molecule has 1 saturated carbocycles. The van der Waals surface area contributed by atoms with Gasteiger partial charge >= 0.3 is 0 Å². The fourth-order valence-corrected chi connectivity index (χ4v) is 3.41. The fraction of sp³-hybridized carbons (Fsp3) is 0.360. The lowest BCUT2D eigenvalue weighted by molar-refractivity contribution is -0.117. The van der Waals surface area contributed by atoms with Crippen molar-refractivity contribution >= 4 is 17.6 Å². The van der Waals surface area contributed by atoms with E-state index in [0.29, 0.717) is 18.1 Å². The first-order valence-corrected chi connectivity index (χ1v) is 10.9. The predicted molar refractivity (Wildman–Crippen MR) is 124 cm³/mol. The zero-order valence-corrected chi connectivity index (χ0v) is 19.0. The van der Waals surface area contributed by atoms with E-state index in [1.165, 1.54) is 0 Å². The summed E-state index contributed by atoms with van der Waals surface area (Å²) in [7, 11) is 0. The minimum Gasteiger partial charge on any atom is -0.347 e. The second-order valence-corrected chi connectivity index (χ2v) is 9.33. The Hall–Kier alpha value is -3.48. The lowest BCUT2D eigenvalue weighted by Gasteiger charge is -2.18. The van der Waals surface area contributed by atoms with E-state index in [1.54, 1.807) is 16.9 Å². The molecule has 0 bridgehead atoms. The maximum Gasteiger partial charge on any atom is 0.272 e. The van der Waals surface area contributed by atoms with E-state index in [-0.39, 0.29) is 23.3 Å². The zero-order chi connectivity index (χ0) is 22.9. The Morgan fingerprint density at radius 2 is 1.84 bits per heavy atom. The molecule has 0 radical (unpaired) electrons. The molecular formula is C25H29N5O2. The van der Waals surface area contributed by atoms with Gasteiger partial charge in [0.2, 0.25) is 5.91 Å². The molecule has 0 unspecified atom stereocenters. The topological polar surface area (TPSA) is 88.9 Å². The minimum atomic E-state index is -0.193. The summed E-state index contributed by atoms with van der Waals surface area (Å²) >= 11 is 0. The number of carbonyl (C=O) groups is 2. The number of anilines is 1. The predicted octanol–water partition coefficient (Wildman–Crippen LogP) is 4.29. The molecule has 0 saturated heterocycles. The molecule has 3 aromatic rings. The van der Waals surface area contributed by atoms with E-state index in [0.717, 1.165) is 35.1 Å². The summed E-state index contributed by atoms with van der Waals surface area (Å²) in [6.07, 6.45) is 5.45. The van der Waals surface area contributed by atoms with Gasteiger partial charge in [-0.15, -0.1) is 0 Å². The van der Waals surface area contributed by atoms with Gasteiger partial charge in [0.15, 0.2) is 0 Å². The average Bonchev–Trinajstić information content (AvgIpc) is 3.48. The van der Waals surface area contributed by atoms with Crippen LogP contribution in [0.15, 0.2) is 48.8 Å². The first kappa shape index (κ1) is 21.7. The van der Waals surface area contributed by atoms with Crippen LogP contribution in [0, 0.1) is 12.8 Å². The number of aryl methyl sites for hydroxylation is 1. The standard InChI is InChI=1S/C25H29N5O2/c1-16-13-18(19-9-11-26-22(14-19)28-23(31)17-5-6-17)7-8-20(16)15-27-24(32)21-10-12-30(29-21)25(2,3)4/h7-14,17H,5-6,15H2,1-4H3,(H,27,32)(H,26,28,31). The third kappa shape index (κ3) is 5.04. The number of carbonyl (C=O) groups excluding carboxylic acids is 2. The van der Waals surface area contributed by atoms with Crippen LogP contribution in [0.1, 0.15) is 55.2 Å².